The van der Waals surface area contributed by atoms with Gasteiger partial charge in [-0.25, -0.2) is 15.0 Å². The van der Waals surface area contributed by atoms with Crippen LogP contribution in [0.25, 0.3) is 20.4 Å². The van der Waals surface area contributed by atoms with Crippen LogP contribution in [-0.2, 0) is 22.5 Å². The normalized spacial score (nSPS) is 19.3. The Kier molecular flexibility index (Phi) is 5.94. The molecule has 0 spiro atoms. The molecule has 0 amide bonds. The zero-order valence-electron chi connectivity index (χ0n) is 19.4. The molecular formula is C23H31N5O2S2. The topological polar surface area (TPSA) is 72.4 Å². The van der Waals surface area contributed by atoms with Gasteiger partial charge in [0, 0.05) is 36.5 Å². The predicted octanol–water partition coefficient (Wildman–Crippen LogP) is 4.86. The summed E-state index contributed by atoms with van der Waals surface area (Å²) in [4.78, 5) is 18.4. The Morgan fingerprint density at radius 3 is 2.69 bits per heavy atom. The SMILES string of the molecule is CC[C@@H](C)Nc1nc(SC)nc2c1sc1nc(N3CCOCC3)c3c(c12)CC(C)(C)OC3. The minimum Gasteiger partial charge on any atom is -0.378 e. The predicted molar refractivity (Wildman–Crippen MR) is 133 cm³/mol. The molecule has 5 rings (SSSR count). The van der Waals surface area contributed by atoms with E-state index in [0.29, 0.717) is 12.6 Å². The van der Waals surface area contributed by atoms with Crippen LogP contribution in [0, 0.1) is 0 Å². The second-order valence-corrected chi connectivity index (χ2v) is 11.0. The number of rotatable bonds is 5. The molecule has 0 unspecified atom stereocenters. The summed E-state index contributed by atoms with van der Waals surface area (Å²) in [7, 11) is 0. The van der Waals surface area contributed by atoms with Crippen molar-refractivity contribution in [2.24, 2.45) is 0 Å². The molecule has 1 atom stereocenters. The smallest absolute Gasteiger partial charge is 0.189 e. The molecule has 1 fully saturated rings. The highest BCUT2D eigenvalue weighted by molar-refractivity contribution is 7.98. The molecule has 0 aromatic carbocycles. The number of fused-ring (bicyclic) bond motifs is 5. The summed E-state index contributed by atoms with van der Waals surface area (Å²) < 4.78 is 12.9. The Morgan fingerprint density at radius 1 is 1.19 bits per heavy atom. The van der Waals surface area contributed by atoms with Crippen molar-refractivity contribution in [1.29, 1.82) is 0 Å². The van der Waals surface area contributed by atoms with Gasteiger partial charge in [-0.2, -0.15) is 0 Å². The molecule has 1 N–H and O–H groups in total. The van der Waals surface area contributed by atoms with Crippen LogP contribution in [-0.4, -0.2) is 59.2 Å². The van der Waals surface area contributed by atoms with Crippen LogP contribution in [0.3, 0.4) is 0 Å². The lowest BCUT2D eigenvalue weighted by atomic mass is 9.90. The number of nitrogens with zero attached hydrogens (tertiary/aromatic N) is 4. The fraction of sp³-hybridized carbons (Fsp3) is 0.609. The summed E-state index contributed by atoms with van der Waals surface area (Å²) in [6.45, 7) is 12.5. The van der Waals surface area contributed by atoms with E-state index in [1.807, 2.05) is 6.26 Å². The van der Waals surface area contributed by atoms with Gasteiger partial charge in [0.25, 0.3) is 0 Å². The van der Waals surface area contributed by atoms with Crippen molar-refractivity contribution in [2.75, 3.05) is 42.8 Å². The first kappa shape index (κ1) is 22.1. The Bertz CT molecular complexity index is 1160. The first-order chi connectivity index (χ1) is 15.4. The number of thiophene rings is 1. The number of nitrogens with one attached hydrogen (secondary N) is 1. The third kappa shape index (κ3) is 3.93. The summed E-state index contributed by atoms with van der Waals surface area (Å²) in [6.07, 6.45) is 3.91. The number of aromatic nitrogens is 3. The van der Waals surface area contributed by atoms with E-state index in [2.05, 4.69) is 37.9 Å². The quantitative estimate of drug-likeness (QED) is 0.416. The van der Waals surface area contributed by atoms with Crippen LogP contribution in [0.5, 0.6) is 0 Å². The van der Waals surface area contributed by atoms with Gasteiger partial charge < -0.3 is 19.7 Å². The molecule has 32 heavy (non-hydrogen) atoms. The second-order valence-electron chi connectivity index (χ2n) is 9.19. The largest absolute Gasteiger partial charge is 0.378 e. The molecule has 0 radical (unpaired) electrons. The summed E-state index contributed by atoms with van der Waals surface area (Å²) >= 11 is 3.29. The molecule has 1 saturated heterocycles. The lowest BCUT2D eigenvalue weighted by Crippen LogP contribution is -2.39. The third-order valence-electron chi connectivity index (χ3n) is 6.34. The minimum absolute atomic E-state index is 0.217. The Labute approximate surface area is 197 Å². The lowest BCUT2D eigenvalue weighted by molar-refractivity contribution is -0.0396. The number of morpholine rings is 1. The Balaban J connectivity index is 1.78. The van der Waals surface area contributed by atoms with Crippen LogP contribution >= 0.6 is 23.1 Å². The first-order valence-corrected chi connectivity index (χ1v) is 13.4. The van der Waals surface area contributed by atoms with E-state index in [0.717, 1.165) is 71.0 Å². The van der Waals surface area contributed by atoms with Gasteiger partial charge in [-0.05, 0) is 39.0 Å². The van der Waals surface area contributed by atoms with Crippen molar-refractivity contribution in [3.8, 4) is 0 Å². The zero-order valence-corrected chi connectivity index (χ0v) is 21.1. The maximum absolute atomic E-state index is 6.25. The van der Waals surface area contributed by atoms with Gasteiger partial charge in [-0.1, -0.05) is 18.7 Å². The van der Waals surface area contributed by atoms with Gasteiger partial charge in [0.2, 0.25) is 0 Å². The van der Waals surface area contributed by atoms with Crippen molar-refractivity contribution < 1.29 is 9.47 Å². The van der Waals surface area contributed by atoms with Crippen LogP contribution in [0.2, 0.25) is 0 Å². The van der Waals surface area contributed by atoms with Crippen LogP contribution in [0.4, 0.5) is 11.6 Å². The van der Waals surface area contributed by atoms with Crippen molar-refractivity contribution in [2.45, 2.75) is 63.9 Å². The zero-order chi connectivity index (χ0) is 22.5. The molecule has 172 valence electrons. The number of hydrogen-bond acceptors (Lipinski definition) is 9. The Morgan fingerprint density at radius 2 is 1.97 bits per heavy atom. The third-order valence-corrected chi connectivity index (χ3v) is 7.96. The molecule has 0 bridgehead atoms. The molecule has 3 aromatic heterocycles. The molecule has 7 nitrogen and oxygen atoms in total. The minimum atomic E-state index is -0.217. The van der Waals surface area contributed by atoms with Crippen molar-refractivity contribution >= 4 is 55.2 Å². The van der Waals surface area contributed by atoms with E-state index in [1.54, 1.807) is 23.1 Å². The van der Waals surface area contributed by atoms with Crippen molar-refractivity contribution in [1.82, 2.24) is 15.0 Å². The maximum atomic E-state index is 6.25. The van der Waals surface area contributed by atoms with E-state index in [9.17, 15) is 0 Å². The van der Waals surface area contributed by atoms with Crippen molar-refractivity contribution in [3.63, 3.8) is 0 Å². The molecule has 3 aromatic rings. The molecule has 0 aliphatic carbocycles. The average molecular weight is 474 g/mol. The molecule has 2 aliphatic rings. The number of pyridine rings is 1. The fourth-order valence-corrected chi connectivity index (χ4v) is 5.86. The maximum Gasteiger partial charge on any atom is 0.189 e. The van der Waals surface area contributed by atoms with Gasteiger partial charge in [0.1, 0.15) is 16.5 Å². The first-order valence-electron chi connectivity index (χ1n) is 11.3. The van der Waals surface area contributed by atoms with E-state index in [-0.39, 0.29) is 5.60 Å². The van der Waals surface area contributed by atoms with E-state index in [4.69, 9.17) is 24.4 Å². The van der Waals surface area contributed by atoms with Gasteiger partial charge >= 0.3 is 0 Å². The molecule has 2 aliphatic heterocycles. The standard InChI is InChI=1S/C23H31N5O2S2/c1-6-13(2)24-19-18-17(25-22(26-19)31-5)16-14-11-23(3,4)30-12-15(14)20(27-21(16)32-18)28-7-9-29-10-8-28/h13H,6-12H2,1-5H3,(H,24,25,26)/t13-/m1/s1. The van der Waals surface area contributed by atoms with Crippen LogP contribution in [0.15, 0.2) is 5.16 Å². The van der Waals surface area contributed by atoms with Gasteiger partial charge in [-0.3, -0.25) is 0 Å². The summed E-state index contributed by atoms with van der Waals surface area (Å²) in [5.41, 5.74) is 3.34. The van der Waals surface area contributed by atoms with E-state index >= 15 is 0 Å². The van der Waals surface area contributed by atoms with Gasteiger partial charge in [-0.15, -0.1) is 11.3 Å². The molecule has 9 heteroatoms. The number of hydrogen-bond donors (Lipinski definition) is 1. The lowest BCUT2D eigenvalue weighted by Gasteiger charge is -2.36. The number of anilines is 2. The van der Waals surface area contributed by atoms with E-state index in [1.165, 1.54) is 16.5 Å². The summed E-state index contributed by atoms with van der Waals surface area (Å²) in [6, 6.07) is 0.339. The summed E-state index contributed by atoms with van der Waals surface area (Å²) in [5.74, 6) is 1.97. The summed E-state index contributed by atoms with van der Waals surface area (Å²) in [5, 5.41) is 5.58. The molecular weight excluding hydrogens is 442 g/mol. The number of ether oxygens (including phenoxy) is 2. The van der Waals surface area contributed by atoms with Crippen LogP contribution in [0.1, 0.15) is 45.2 Å². The van der Waals surface area contributed by atoms with E-state index < -0.39 is 0 Å². The van der Waals surface area contributed by atoms with Gasteiger partial charge in [0.15, 0.2) is 5.16 Å². The van der Waals surface area contributed by atoms with Crippen LogP contribution < -0.4 is 10.2 Å². The van der Waals surface area contributed by atoms with Gasteiger partial charge in [0.05, 0.1) is 35.6 Å². The number of thioether (sulfide) groups is 1. The monoisotopic (exact) mass is 473 g/mol. The highest BCUT2D eigenvalue weighted by Crippen LogP contribution is 2.44. The Hall–Kier alpha value is -1.68. The average Bonchev–Trinajstić information content (AvgIpc) is 3.17. The second kappa shape index (κ2) is 8.59. The highest BCUT2D eigenvalue weighted by atomic mass is 32.2. The fourth-order valence-electron chi connectivity index (χ4n) is 4.40. The van der Waals surface area contributed by atoms with Crippen molar-refractivity contribution in [3.05, 3.63) is 11.1 Å². The molecule has 0 saturated carbocycles. The molecule has 5 heterocycles. The highest BCUT2D eigenvalue weighted by Gasteiger charge is 2.33.